The third kappa shape index (κ3) is 3.64. The molecule has 3 nitrogen and oxygen atoms in total. The average molecular weight is 300 g/mol. The van der Waals surface area contributed by atoms with Crippen molar-refractivity contribution in [3.8, 4) is 0 Å². The molecule has 0 aliphatic carbocycles. The maximum atomic E-state index is 13.8. The summed E-state index contributed by atoms with van der Waals surface area (Å²) < 4.78 is 13.8. The maximum Gasteiger partial charge on any atom is 0.223 e. The van der Waals surface area contributed by atoms with Gasteiger partial charge in [0.1, 0.15) is 5.82 Å². The van der Waals surface area contributed by atoms with E-state index in [4.69, 9.17) is 5.73 Å². The number of para-hydroxylation sites is 1. The van der Waals surface area contributed by atoms with Crippen LogP contribution < -0.4 is 5.73 Å². The number of nitrogens with zero attached hydrogens (tertiary/aromatic N) is 1. The van der Waals surface area contributed by atoms with E-state index < -0.39 is 0 Å². The van der Waals surface area contributed by atoms with E-state index >= 15 is 0 Å². The van der Waals surface area contributed by atoms with Gasteiger partial charge in [0.2, 0.25) is 5.91 Å². The lowest BCUT2D eigenvalue weighted by Gasteiger charge is -2.26. The predicted octanol–water partition coefficient (Wildman–Crippen LogP) is 3.56. The molecule has 0 saturated carbocycles. The van der Waals surface area contributed by atoms with E-state index in [1.165, 1.54) is 6.07 Å². The van der Waals surface area contributed by atoms with Crippen LogP contribution in [-0.4, -0.2) is 17.9 Å². The van der Waals surface area contributed by atoms with Gasteiger partial charge in [-0.1, -0.05) is 36.4 Å². The number of aryl methyl sites for hydroxylation is 1. The summed E-state index contributed by atoms with van der Waals surface area (Å²) in [6.45, 7) is 1.83. The van der Waals surface area contributed by atoms with Gasteiger partial charge in [0.25, 0.3) is 0 Å². The molecule has 0 spiro atoms. The minimum Gasteiger partial charge on any atom is -0.399 e. The van der Waals surface area contributed by atoms with Crippen molar-refractivity contribution >= 4 is 11.6 Å². The summed E-state index contributed by atoms with van der Waals surface area (Å²) in [6.07, 6.45) is 0.934. The van der Waals surface area contributed by atoms with Crippen molar-refractivity contribution in [2.75, 3.05) is 12.8 Å². The zero-order valence-electron chi connectivity index (χ0n) is 12.9. The first-order valence-corrected chi connectivity index (χ1v) is 7.34. The molecule has 0 radical (unpaired) electrons. The molecule has 22 heavy (non-hydrogen) atoms. The van der Waals surface area contributed by atoms with Crippen molar-refractivity contribution in [3.05, 3.63) is 65.5 Å². The maximum absolute atomic E-state index is 13.8. The molecule has 0 heterocycles. The number of carbonyl (C=O) groups excluding carboxylic acids is 1. The van der Waals surface area contributed by atoms with Crippen LogP contribution in [-0.2, 0) is 11.2 Å². The second-order valence-electron chi connectivity index (χ2n) is 5.40. The van der Waals surface area contributed by atoms with E-state index in [1.54, 1.807) is 30.1 Å². The Hall–Kier alpha value is -2.36. The number of amides is 1. The normalized spacial score (nSPS) is 12.0. The van der Waals surface area contributed by atoms with E-state index in [9.17, 15) is 9.18 Å². The van der Waals surface area contributed by atoms with Crippen molar-refractivity contribution in [1.29, 1.82) is 0 Å². The number of hydrogen-bond donors (Lipinski definition) is 1. The third-order valence-electron chi connectivity index (χ3n) is 3.99. The SMILES string of the molecule is CC(c1ccccc1F)N(C)C(=O)CCc1ccccc1N. The molecule has 1 atom stereocenters. The molecule has 2 aromatic rings. The third-order valence-corrected chi connectivity index (χ3v) is 3.99. The van der Waals surface area contributed by atoms with Crippen LogP contribution >= 0.6 is 0 Å². The first-order chi connectivity index (χ1) is 10.5. The molecular weight excluding hydrogens is 279 g/mol. The second kappa shape index (κ2) is 7.07. The first-order valence-electron chi connectivity index (χ1n) is 7.34. The molecule has 2 N–H and O–H groups in total. The fourth-order valence-corrected chi connectivity index (χ4v) is 2.42. The monoisotopic (exact) mass is 300 g/mol. The molecule has 0 fully saturated rings. The summed E-state index contributed by atoms with van der Waals surface area (Å²) >= 11 is 0. The Labute approximate surface area is 130 Å². The van der Waals surface area contributed by atoms with Gasteiger partial charge in [0.05, 0.1) is 6.04 Å². The van der Waals surface area contributed by atoms with Crippen molar-refractivity contribution in [2.24, 2.45) is 0 Å². The average Bonchev–Trinajstić information content (AvgIpc) is 2.53. The molecule has 0 bridgehead atoms. The zero-order valence-corrected chi connectivity index (χ0v) is 12.9. The van der Waals surface area contributed by atoms with Crippen molar-refractivity contribution in [2.45, 2.75) is 25.8 Å². The summed E-state index contributed by atoms with van der Waals surface area (Å²) in [5.41, 5.74) is 8.06. The van der Waals surface area contributed by atoms with Crippen LogP contribution in [0, 0.1) is 5.82 Å². The van der Waals surface area contributed by atoms with Gasteiger partial charge in [-0.25, -0.2) is 4.39 Å². The van der Waals surface area contributed by atoms with Crippen LogP contribution in [0.15, 0.2) is 48.5 Å². The summed E-state index contributed by atoms with van der Waals surface area (Å²) in [4.78, 5) is 13.9. The minimum atomic E-state index is -0.304. The van der Waals surface area contributed by atoms with Crippen LogP contribution in [0.2, 0.25) is 0 Å². The molecule has 4 heteroatoms. The number of carbonyl (C=O) groups is 1. The number of rotatable bonds is 5. The molecular formula is C18H21FN2O. The van der Waals surface area contributed by atoms with Gasteiger partial charge in [-0.05, 0) is 31.0 Å². The molecule has 116 valence electrons. The smallest absolute Gasteiger partial charge is 0.223 e. The van der Waals surface area contributed by atoms with Gasteiger partial charge in [0.15, 0.2) is 0 Å². The van der Waals surface area contributed by atoms with Gasteiger partial charge >= 0.3 is 0 Å². The highest BCUT2D eigenvalue weighted by molar-refractivity contribution is 5.77. The number of anilines is 1. The largest absolute Gasteiger partial charge is 0.399 e. The van der Waals surface area contributed by atoms with Gasteiger partial charge in [-0.3, -0.25) is 4.79 Å². The van der Waals surface area contributed by atoms with Crippen LogP contribution in [0.25, 0.3) is 0 Å². The van der Waals surface area contributed by atoms with Crippen LogP contribution in [0.4, 0.5) is 10.1 Å². The topological polar surface area (TPSA) is 46.3 Å². The van der Waals surface area contributed by atoms with E-state index in [1.807, 2.05) is 31.2 Å². The van der Waals surface area contributed by atoms with Gasteiger partial charge in [-0.2, -0.15) is 0 Å². The lowest BCUT2D eigenvalue weighted by Crippen LogP contribution is -2.30. The van der Waals surface area contributed by atoms with Crippen LogP contribution in [0.5, 0.6) is 0 Å². The minimum absolute atomic E-state index is 0.0287. The molecule has 0 aliphatic heterocycles. The molecule has 0 aliphatic rings. The first kappa shape index (κ1) is 16.0. The fourth-order valence-electron chi connectivity index (χ4n) is 2.42. The van der Waals surface area contributed by atoms with Crippen LogP contribution in [0.1, 0.15) is 30.5 Å². The number of nitrogen functional groups attached to an aromatic ring is 1. The lowest BCUT2D eigenvalue weighted by atomic mass is 10.0. The van der Waals surface area contributed by atoms with E-state index in [2.05, 4.69) is 0 Å². The number of hydrogen-bond acceptors (Lipinski definition) is 2. The Morgan fingerprint density at radius 3 is 2.50 bits per heavy atom. The highest BCUT2D eigenvalue weighted by Crippen LogP contribution is 2.22. The summed E-state index contributed by atoms with van der Waals surface area (Å²) in [7, 11) is 1.70. The summed E-state index contributed by atoms with van der Waals surface area (Å²) in [5.74, 6) is -0.319. The van der Waals surface area contributed by atoms with Gasteiger partial charge in [0, 0.05) is 24.7 Å². The van der Waals surface area contributed by atoms with Crippen molar-refractivity contribution in [3.63, 3.8) is 0 Å². The zero-order chi connectivity index (χ0) is 16.1. The Balaban J connectivity index is 2.00. The standard InChI is InChI=1S/C18H21FN2O/c1-13(15-8-4-5-9-16(15)19)21(2)18(22)12-11-14-7-3-6-10-17(14)20/h3-10,13H,11-12,20H2,1-2H3. The quantitative estimate of drug-likeness (QED) is 0.858. The molecule has 0 saturated heterocycles. The Morgan fingerprint density at radius 1 is 1.18 bits per heavy atom. The molecule has 1 amide bonds. The Kier molecular flexibility index (Phi) is 5.15. The second-order valence-corrected chi connectivity index (χ2v) is 5.40. The lowest BCUT2D eigenvalue weighted by molar-refractivity contribution is -0.131. The molecule has 2 rings (SSSR count). The van der Waals surface area contributed by atoms with Crippen molar-refractivity contribution < 1.29 is 9.18 Å². The Morgan fingerprint density at radius 2 is 1.82 bits per heavy atom. The predicted molar refractivity (Wildman–Crippen MR) is 86.8 cm³/mol. The Bertz CT molecular complexity index is 657. The van der Waals surface area contributed by atoms with Crippen molar-refractivity contribution in [1.82, 2.24) is 4.90 Å². The van der Waals surface area contributed by atoms with E-state index in [0.717, 1.165) is 5.56 Å². The molecule has 1 unspecified atom stereocenters. The highest BCUT2D eigenvalue weighted by atomic mass is 19.1. The fraction of sp³-hybridized carbons (Fsp3) is 0.278. The van der Waals surface area contributed by atoms with Crippen LogP contribution in [0.3, 0.4) is 0 Å². The molecule has 0 aromatic heterocycles. The molecule has 2 aromatic carbocycles. The highest BCUT2D eigenvalue weighted by Gasteiger charge is 2.19. The van der Waals surface area contributed by atoms with E-state index in [-0.39, 0.29) is 17.8 Å². The van der Waals surface area contributed by atoms with Gasteiger partial charge in [-0.15, -0.1) is 0 Å². The number of nitrogens with two attached hydrogens (primary N) is 1. The summed E-state index contributed by atoms with van der Waals surface area (Å²) in [5, 5.41) is 0. The number of benzene rings is 2. The van der Waals surface area contributed by atoms with Gasteiger partial charge < -0.3 is 10.6 Å². The number of halogens is 1. The van der Waals surface area contributed by atoms with E-state index in [0.29, 0.717) is 24.1 Å². The summed E-state index contributed by atoms with van der Waals surface area (Å²) in [6, 6.07) is 13.8.